The van der Waals surface area contributed by atoms with Crippen molar-refractivity contribution in [1.29, 1.82) is 0 Å². The van der Waals surface area contributed by atoms with E-state index in [2.05, 4.69) is 12.0 Å². The number of anilines is 1. The van der Waals surface area contributed by atoms with Gasteiger partial charge < -0.3 is 16.2 Å². The molecule has 2 aromatic carbocycles. The van der Waals surface area contributed by atoms with E-state index in [4.69, 9.17) is 16.2 Å². The summed E-state index contributed by atoms with van der Waals surface area (Å²) < 4.78 is 7.89. The Labute approximate surface area is 177 Å². The molecule has 0 aliphatic rings. The number of hydrogen-bond donors (Lipinski definition) is 2. The average molecular weight is 407 g/mol. The van der Waals surface area contributed by atoms with Crippen LogP contribution in [0.5, 0.6) is 11.5 Å². The SMILES string of the molecule is CCCCCCCCn1nc(N)c(C(N)=O)c1-c1ccccc1Oc1ccccc1. The van der Waals surface area contributed by atoms with Gasteiger partial charge in [-0.15, -0.1) is 0 Å². The summed E-state index contributed by atoms with van der Waals surface area (Å²) in [7, 11) is 0. The zero-order valence-corrected chi connectivity index (χ0v) is 17.5. The third-order valence-corrected chi connectivity index (χ3v) is 5.06. The maximum atomic E-state index is 12.2. The Hall–Kier alpha value is -3.28. The molecule has 0 spiro atoms. The number of unbranched alkanes of at least 4 members (excludes halogenated alkanes) is 5. The molecule has 3 aromatic rings. The lowest BCUT2D eigenvalue weighted by atomic mass is 10.0. The maximum absolute atomic E-state index is 12.2. The largest absolute Gasteiger partial charge is 0.457 e. The molecule has 0 fully saturated rings. The number of carbonyl (C=O) groups is 1. The number of hydrogen-bond acceptors (Lipinski definition) is 4. The highest BCUT2D eigenvalue weighted by Crippen LogP contribution is 2.37. The summed E-state index contributed by atoms with van der Waals surface area (Å²) in [5, 5.41) is 4.43. The normalized spacial score (nSPS) is 10.8. The number of para-hydroxylation sites is 2. The van der Waals surface area contributed by atoms with Crippen LogP contribution in [0.25, 0.3) is 11.3 Å². The molecule has 0 aliphatic carbocycles. The number of nitrogens with two attached hydrogens (primary N) is 2. The Morgan fingerprint density at radius 1 is 0.967 bits per heavy atom. The molecule has 158 valence electrons. The molecule has 0 bridgehead atoms. The van der Waals surface area contributed by atoms with E-state index in [1.807, 2.05) is 54.6 Å². The van der Waals surface area contributed by atoms with Crippen molar-refractivity contribution in [3.63, 3.8) is 0 Å². The fraction of sp³-hybridized carbons (Fsp3) is 0.333. The quantitative estimate of drug-likeness (QED) is 0.418. The number of rotatable bonds is 11. The van der Waals surface area contributed by atoms with Crippen molar-refractivity contribution in [2.24, 2.45) is 5.73 Å². The summed E-state index contributed by atoms with van der Waals surface area (Å²) in [6.45, 7) is 2.87. The summed E-state index contributed by atoms with van der Waals surface area (Å²) in [4.78, 5) is 12.2. The number of amides is 1. The van der Waals surface area contributed by atoms with E-state index in [0.717, 1.165) is 18.4 Å². The van der Waals surface area contributed by atoms with E-state index in [0.29, 0.717) is 23.7 Å². The molecule has 0 saturated heterocycles. The number of carbonyl (C=O) groups excluding carboxylic acids is 1. The van der Waals surface area contributed by atoms with Crippen molar-refractivity contribution < 1.29 is 9.53 Å². The van der Waals surface area contributed by atoms with Crippen LogP contribution in [0.15, 0.2) is 54.6 Å². The van der Waals surface area contributed by atoms with Crippen LogP contribution >= 0.6 is 0 Å². The van der Waals surface area contributed by atoms with Gasteiger partial charge in [0.1, 0.15) is 17.1 Å². The summed E-state index contributed by atoms with van der Waals surface area (Å²) in [5.74, 6) is 0.889. The van der Waals surface area contributed by atoms with Crippen LogP contribution in [0.4, 0.5) is 5.82 Å². The van der Waals surface area contributed by atoms with Crippen molar-refractivity contribution in [2.75, 3.05) is 5.73 Å². The first-order chi connectivity index (χ1) is 14.6. The molecule has 1 amide bonds. The van der Waals surface area contributed by atoms with Crippen LogP contribution in [0.1, 0.15) is 55.8 Å². The lowest BCUT2D eigenvalue weighted by molar-refractivity contribution is 0.100. The Balaban J connectivity index is 1.91. The van der Waals surface area contributed by atoms with E-state index in [1.165, 1.54) is 25.7 Å². The fourth-order valence-electron chi connectivity index (χ4n) is 3.57. The first-order valence-electron chi connectivity index (χ1n) is 10.6. The van der Waals surface area contributed by atoms with Gasteiger partial charge in [-0.05, 0) is 30.7 Å². The van der Waals surface area contributed by atoms with Crippen molar-refractivity contribution >= 4 is 11.7 Å². The summed E-state index contributed by atoms with van der Waals surface area (Å²) >= 11 is 0. The Bertz CT molecular complexity index is 967. The molecule has 0 saturated carbocycles. The Morgan fingerprint density at radius 3 is 2.37 bits per heavy atom. The molecule has 3 rings (SSSR count). The number of ether oxygens (including phenoxy) is 1. The van der Waals surface area contributed by atoms with Gasteiger partial charge in [0.15, 0.2) is 5.82 Å². The molecule has 0 radical (unpaired) electrons. The highest BCUT2D eigenvalue weighted by Gasteiger charge is 2.24. The summed E-state index contributed by atoms with van der Waals surface area (Å²) in [5.41, 5.74) is 13.3. The van der Waals surface area contributed by atoms with Crippen LogP contribution in [0, 0.1) is 0 Å². The Morgan fingerprint density at radius 2 is 1.63 bits per heavy atom. The van der Waals surface area contributed by atoms with Crippen molar-refractivity contribution in [3.8, 4) is 22.8 Å². The van der Waals surface area contributed by atoms with Gasteiger partial charge in [-0.25, -0.2) is 0 Å². The number of aromatic nitrogens is 2. The highest BCUT2D eigenvalue weighted by molar-refractivity contribution is 6.03. The molecule has 30 heavy (non-hydrogen) atoms. The molecule has 6 nitrogen and oxygen atoms in total. The molecular weight excluding hydrogens is 376 g/mol. The van der Waals surface area contributed by atoms with Gasteiger partial charge in [0.05, 0.1) is 5.69 Å². The number of aryl methyl sites for hydroxylation is 1. The minimum Gasteiger partial charge on any atom is -0.457 e. The first kappa shape index (κ1) is 21.4. The van der Waals surface area contributed by atoms with Gasteiger partial charge in [-0.3, -0.25) is 9.48 Å². The van der Waals surface area contributed by atoms with Gasteiger partial charge in [0, 0.05) is 12.1 Å². The Kier molecular flexibility index (Phi) is 7.49. The van der Waals surface area contributed by atoms with E-state index in [9.17, 15) is 4.79 Å². The van der Waals surface area contributed by atoms with Crippen molar-refractivity contribution in [1.82, 2.24) is 9.78 Å². The lowest BCUT2D eigenvalue weighted by Gasteiger charge is -2.14. The third-order valence-electron chi connectivity index (χ3n) is 5.06. The van der Waals surface area contributed by atoms with Gasteiger partial charge in [-0.1, -0.05) is 69.4 Å². The second-order valence-corrected chi connectivity index (χ2v) is 7.38. The standard InChI is InChI=1S/C24H30N4O2/c1-2-3-4-5-6-12-17-28-22(21(24(26)29)23(25)27-28)19-15-10-11-16-20(19)30-18-13-8-7-9-14-18/h7-11,13-16H,2-6,12,17H2,1H3,(H2,25,27)(H2,26,29). The average Bonchev–Trinajstić information content (AvgIpc) is 3.08. The zero-order chi connectivity index (χ0) is 21.3. The second kappa shape index (κ2) is 10.5. The number of primary amides is 1. The molecule has 6 heteroatoms. The van der Waals surface area contributed by atoms with Crippen molar-refractivity contribution in [2.45, 2.75) is 52.0 Å². The van der Waals surface area contributed by atoms with Crippen LogP contribution in [0.3, 0.4) is 0 Å². The van der Waals surface area contributed by atoms with E-state index < -0.39 is 5.91 Å². The summed E-state index contributed by atoms with van der Waals surface area (Å²) in [6.07, 6.45) is 6.97. The van der Waals surface area contributed by atoms with Gasteiger partial charge in [0.25, 0.3) is 5.91 Å². The topological polar surface area (TPSA) is 96.2 Å². The first-order valence-corrected chi connectivity index (χ1v) is 10.6. The van der Waals surface area contributed by atoms with Gasteiger partial charge in [0.2, 0.25) is 0 Å². The second-order valence-electron chi connectivity index (χ2n) is 7.38. The molecule has 1 heterocycles. The zero-order valence-electron chi connectivity index (χ0n) is 17.5. The fourth-order valence-corrected chi connectivity index (χ4v) is 3.57. The number of nitrogens with zero attached hydrogens (tertiary/aromatic N) is 2. The molecule has 0 atom stereocenters. The predicted octanol–water partition coefficient (Wildman–Crippen LogP) is 5.38. The van der Waals surface area contributed by atoms with E-state index in [1.54, 1.807) is 4.68 Å². The molecule has 1 aromatic heterocycles. The number of benzene rings is 2. The minimum absolute atomic E-state index is 0.151. The monoisotopic (exact) mass is 406 g/mol. The van der Waals surface area contributed by atoms with Crippen LogP contribution in [0.2, 0.25) is 0 Å². The van der Waals surface area contributed by atoms with Gasteiger partial charge in [-0.2, -0.15) is 5.10 Å². The van der Waals surface area contributed by atoms with E-state index in [-0.39, 0.29) is 11.4 Å². The predicted molar refractivity (Wildman–Crippen MR) is 120 cm³/mol. The molecular formula is C24H30N4O2. The number of nitrogen functional groups attached to an aromatic ring is 1. The van der Waals surface area contributed by atoms with Crippen molar-refractivity contribution in [3.05, 3.63) is 60.2 Å². The lowest BCUT2D eigenvalue weighted by Crippen LogP contribution is -2.14. The summed E-state index contributed by atoms with van der Waals surface area (Å²) in [6, 6.07) is 17.1. The molecule has 0 unspecified atom stereocenters. The minimum atomic E-state index is -0.591. The highest BCUT2D eigenvalue weighted by atomic mass is 16.5. The molecule has 0 aliphatic heterocycles. The van der Waals surface area contributed by atoms with E-state index >= 15 is 0 Å². The van der Waals surface area contributed by atoms with Crippen LogP contribution in [-0.4, -0.2) is 15.7 Å². The molecule has 4 N–H and O–H groups in total. The smallest absolute Gasteiger partial charge is 0.254 e. The van der Waals surface area contributed by atoms with Crippen LogP contribution < -0.4 is 16.2 Å². The maximum Gasteiger partial charge on any atom is 0.254 e. The van der Waals surface area contributed by atoms with Crippen LogP contribution in [-0.2, 0) is 6.54 Å². The third kappa shape index (κ3) is 5.20. The van der Waals surface area contributed by atoms with Gasteiger partial charge >= 0.3 is 0 Å².